The van der Waals surface area contributed by atoms with E-state index in [4.69, 9.17) is 9.47 Å². The van der Waals surface area contributed by atoms with Gasteiger partial charge in [-0.05, 0) is 38.7 Å². The molecule has 1 aliphatic heterocycles. The molecule has 1 aromatic carbocycles. The van der Waals surface area contributed by atoms with Gasteiger partial charge in [0.1, 0.15) is 5.75 Å². The maximum Gasteiger partial charge on any atom is 0.122 e. The van der Waals surface area contributed by atoms with Crippen molar-refractivity contribution in [3.05, 3.63) is 29.8 Å². The van der Waals surface area contributed by atoms with E-state index < -0.39 is 11.4 Å². The van der Waals surface area contributed by atoms with E-state index in [1.807, 2.05) is 31.2 Å². The summed E-state index contributed by atoms with van der Waals surface area (Å²) in [6, 6.07) is 7.66. The predicted octanol–water partition coefficient (Wildman–Crippen LogP) is 2.05. The summed E-state index contributed by atoms with van der Waals surface area (Å²) in [5, 5.41) is 11.4. The molecule has 0 radical (unpaired) electrons. The molecule has 1 fully saturated rings. The van der Waals surface area contributed by atoms with Gasteiger partial charge in [-0.25, -0.2) is 0 Å². The van der Waals surface area contributed by atoms with E-state index in [1.165, 1.54) is 0 Å². The number of rotatable bonds is 5. The number of carbonyl (C=O) groups is 1. The van der Waals surface area contributed by atoms with Crippen LogP contribution in [-0.2, 0) is 14.9 Å². The van der Waals surface area contributed by atoms with E-state index in [2.05, 4.69) is 6.92 Å². The first-order valence-corrected chi connectivity index (χ1v) is 7.42. The molecule has 0 bridgehead atoms. The Labute approximate surface area is 126 Å². The van der Waals surface area contributed by atoms with Crippen LogP contribution in [0.5, 0.6) is 5.75 Å². The fourth-order valence-electron chi connectivity index (χ4n) is 3.41. The van der Waals surface area contributed by atoms with Gasteiger partial charge >= 0.3 is 0 Å². The minimum absolute atomic E-state index is 0.00762. The Bertz CT molecular complexity index is 513. The number of hydrogen-bond acceptors (Lipinski definition) is 4. The standard InChI is InChI=1S/C17H24O4/c1-4-16(2)12-17(9-10-21-16,11-15(18)19)13-7-5-6-8-14(13)20-3/h5-8H,4,9-12H2,1-3H3,(H,18,19)/p-1/t16-,17-/m0/s1. The summed E-state index contributed by atoms with van der Waals surface area (Å²) in [5.74, 6) is -0.291. The molecule has 21 heavy (non-hydrogen) atoms. The molecule has 0 aromatic heterocycles. The average Bonchev–Trinajstić information content (AvgIpc) is 2.46. The van der Waals surface area contributed by atoms with Gasteiger partial charge in [0.05, 0.1) is 12.7 Å². The lowest BCUT2D eigenvalue weighted by molar-refractivity contribution is -0.308. The maximum atomic E-state index is 11.4. The molecule has 116 valence electrons. The Morgan fingerprint density at radius 2 is 2.14 bits per heavy atom. The van der Waals surface area contributed by atoms with Crippen LogP contribution in [0.15, 0.2) is 24.3 Å². The Hall–Kier alpha value is -1.55. The number of carboxylic acids is 1. The topological polar surface area (TPSA) is 58.6 Å². The van der Waals surface area contributed by atoms with Crippen LogP contribution < -0.4 is 9.84 Å². The predicted molar refractivity (Wildman–Crippen MR) is 78.2 cm³/mol. The lowest BCUT2D eigenvalue weighted by Gasteiger charge is -2.47. The molecule has 1 aliphatic rings. The normalized spacial score (nSPS) is 29.1. The van der Waals surface area contributed by atoms with Gasteiger partial charge in [0.25, 0.3) is 0 Å². The van der Waals surface area contributed by atoms with E-state index in [9.17, 15) is 9.90 Å². The van der Waals surface area contributed by atoms with E-state index in [-0.39, 0.29) is 12.0 Å². The zero-order valence-corrected chi connectivity index (χ0v) is 13.0. The number of methoxy groups -OCH3 is 1. The summed E-state index contributed by atoms with van der Waals surface area (Å²) in [6.07, 6.45) is 2.16. The molecular weight excluding hydrogens is 268 g/mol. The molecule has 4 heteroatoms. The zero-order chi connectivity index (χ0) is 15.5. The molecule has 0 N–H and O–H groups in total. The minimum Gasteiger partial charge on any atom is -0.550 e. The van der Waals surface area contributed by atoms with Gasteiger partial charge in [-0.1, -0.05) is 25.1 Å². The second-order valence-electron chi connectivity index (χ2n) is 6.11. The lowest BCUT2D eigenvalue weighted by atomic mass is 9.66. The fourth-order valence-corrected chi connectivity index (χ4v) is 3.41. The molecule has 0 unspecified atom stereocenters. The van der Waals surface area contributed by atoms with E-state index in [0.717, 1.165) is 17.7 Å². The number of hydrogen-bond donors (Lipinski definition) is 0. The lowest BCUT2D eigenvalue weighted by Crippen LogP contribution is -2.48. The molecular formula is C17H23O4-. The number of carboxylic acid groups (broad SMARTS) is 1. The van der Waals surface area contributed by atoms with Crippen molar-refractivity contribution in [2.24, 2.45) is 0 Å². The maximum absolute atomic E-state index is 11.4. The summed E-state index contributed by atoms with van der Waals surface area (Å²) >= 11 is 0. The smallest absolute Gasteiger partial charge is 0.122 e. The number of carbonyl (C=O) groups excluding carboxylic acids is 1. The highest BCUT2D eigenvalue weighted by Gasteiger charge is 2.44. The highest BCUT2D eigenvalue weighted by molar-refractivity contribution is 5.67. The second-order valence-corrected chi connectivity index (χ2v) is 6.11. The fraction of sp³-hybridized carbons (Fsp3) is 0.588. The Morgan fingerprint density at radius 1 is 1.43 bits per heavy atom. The highest BCUT2D eigenvalue weighted by Crippen LogP contribution is 2.47. The molecule has 2 rings (SSSR count). The Balaban J connectivity index is 2.49. The molecule has 4 nitrogen and oxygen atoms in total. The van der Waals surface area contributed by atoms with Gasteiger partial charge in [-0.2, -0.15) is 0 Å². The third-order valence-electron chi connectivity index (χ3n) is 4.65. The quantitative estimate of drug-likeness (QED) is 0.833. The average molecular weight is 291 g/mol. The number of ether oxygens (including phenoxy) is 2. The monoisotopic (exact) mass is 291 g/mol. The summed E-state index contributed by atoms with van der Waals surface area (Å²) in [5.41, 5.74) is 0.142. The molecule has 0 amide bonds. The van der Waals surface area contributed by atoms with Gasteiger partial charge in [0.2, 0.25) is 0 Å². The van der Waals surface area contributed by atoms with Gasteiger partial charge in [0, 0.05) is 23.6 Å². The van der Waals surface area contributed by atoms with E-state index in [1.54, 1.807) is 7.11 Å². The van der Waals surface area contributed by atoms with Gasteiger partial charge in [0.15, 0.2) is 0 Å². The van der Waals surface area contributed by atoms with Crippen molar-refractivity contribution in [1.29, 1.82) is 0 Å². The third-order valence-corrected chi connectivity index (χ3v) is 4.65. The summed E-state index contributed by atoms with van der Waals surface area (Å²) in [7, 11) is 1.61. The van der Waals surface area contributed by atoms with Crippen LogP contribution in [0.2, 0.25) is 0 Å². The van der Waals surface area contributed by atoms with Crippen LogP contribution >= 0.6 is 0 Å². The molecule has 0 spiro atoms. The number of benzene rings is 1. The van der Waals surface area contributed by atoms with Gasteiger partial charge in [-0.15, -0.1) is 0 Å². The van der Waals surface area contributed by atoms with Crippen LogP contribution in [0.1, 0.15) is 45.1 Å². The molecule has 0 saturated carbocycles. The van der Waals surface area contributed by atoms with Crippen molar-refractivity contribution in [3.63, 3.8) is 0 Å². The molecule has 2 atom stereocenters. The van der Waals surface area contributed by atoms with Crippen molar-refractivity contribution < 1.29 is 19.4 Å². The van der Waals surface area contributed by atoms with Crippen LogP contribution in [-0.4, -0.2) is 25.3 Å². The van der Waals surface area contributed by atoms with Crippen LogP contribution in [0.25, 0.3) is 0 Å². The Kier molecular flexibility index (Phi) is 4.57. The van der Waals surface area contributed by atoms with Crippen molar-refractivity contribution in [2.75, 3.05) is 13.7 Å². The first-order valence-electron chi connectivity index (χ1n) is 7.42. The first-order chi connectivity index (χ1) is 9.95. The van der Waals surface area contributed by atoms with Crippen molar-refractivity contribution in [3.8, 4) is 5.75 Å². The van der Waals surface area contributed by atoms with E-state index >= 15 is 0 Å². The Morgan fingerprint density at radius 3 is 2.76 bits per heavy atom. The molecule has 0 aliphatic carbocycles. The number of aliphatic carboxylic acids is 1. The SMILES string of the molecule is CC[C@@]1(C)C[C@](CC(=O)[O-])(c2ccccc2OC)CCO1. The van der Waals surface area contributed by atoms with Gasteiger partial charge in [-0.3, -0.25) is 0 Å². The van der Waals surface area contributed by atoms with Crippen molar-refractivity contribution in [2.45, 2.75) is 50.5 Å². The summed E-state index contributed by atoms with van der Waals surface area (Å²) in [4.78, 5) is 11.4. The van der Waals surface area contributed by atoms with E-state index in [0.29, 0.717) is 19.4 Å². The van der Waals surface area contributed by atoms with Crippen molar-refractivity contribution >= 4 is 5.97 Å². The molecule has 1 aromatic rings. The minimum atomic E-state index is -1.03. The second kappa shape index (κ2) is 6.06. The summed E-state index contributed by atoms with van der Waals surface area (Å²) < 4.78 is 11.3. The summed E-state index contributed by atoms with van der Waals surface area (Å²) in [6.45, 7) is 4.67. The first kappa shape index (κ1) is 15.8. The third kappa shape index (κ3) is 3.21. The van der Waals surface area contributed by atoms with Crippen molar-refractivity contribution in [1.82, 2.24) is 0 Å². The van der Waals surface area contributed by atoms with Gasteiger partial charge < -0.3 is 19.4 Å². The largest absolute Gasteiger partial charge is 0.550 e. The zero-order valence-electron chi connectivity index (χ0n) is 13.0. The molecule has 1 heterocycles. The van der Waals surface area contributed by atoms with Crippen LogP contribution in [0.3, 0.4) is 0 Å². The number of para-hydroxylation sites is 1. The highest BCUT2D eigenvalue weighted by atomic mass is 16.5. The van der Waals surface area contributed by atoms with Crippen LogP contribution in [0.4, 0.5) is 0 Å². The molecule has 1 saturated heterocycles. The van der Waals surface area contributed by atoms with Crippen LogP contribution in [0, 0.1) is 0 Å².